The molecule has 0 bridgehead atoms. The highest BCUT2D eigenvalue weighted by molar-refractivity contribution is 5.86. The molecule has 0 saturated carbocycles. The number of carbonyl (C=O) groups excluding carboxylic acids is 3. The topological polar surface area (TPSA) is 69.7 Å². The van der Waals surface area contributed by atoms with Crippen molar-refractivity contribution in [3.63, 3.8) is 0 Å². The van der Waals surface area contributed by atoms with Crippen molar-refractivity contribution < 1.29 is 23.9 Å². The number of para-hydroxylation sites is 1. The van der Waals surface area contributed by atoms with Crippen molar-refractivity contribution in [2.45, 2.75) is 13.8 Å². The molecule has 112 valence electrons. The van der Waals surface area contributed by atoms with Crippen LogP contribution in [0, 0.1) is 0 Å². The van der Waals surface area contributed by atoms with Gasteiger partial charge in [0.05, 0.1) is 0 Å². The minimum absolute atomic E-state index is 0.290. The SMILES string of the molecule is CC(=O)Oc1ccccc1-c1cc(C=O)ccc1OC(C)=O. The van der Waals surface area contributed by atoms with Gasteiger partial charge in [-0.3, -0.25) is 14.4 Å². The quantitative estimate of drug-likeness (QED) is 0.493. The number of ether oxygens (including phenoxy) is 2. The summed E-state index contributed by atoms with van der Waals surface area (Å²) < 4.78 is 10.3. The third kappa shape index (κ3) is 3.58. The molecule has 0 aliphatic heterocycles. The van der Waals surface area contributed by atoms with E-state index in [2.05, 4.69) is 0 Å². The Bertz CT molecular complexity index is 734. The number of esters is 2. The van der Waals surface area contributed by atoms with Crippen LogP contribution in [0.15, 0.2) is 42.5 Å². The molecule has 0 unspecified atom stereocenters. The summed E-state index contributed by atoms with van der Waals surface area (Å²) in [5.41, 5.74) is 1.47. The molecule has 0 atom stereocenters. The Morgan fingerprint density at radius 1 is 0.864 bits per heavy atom. The Morgan fingerprint density at radius 2 is 1.45 bits per heavy atom. The molecule has 0 saturated heterocycles. The van der Waals surface area contributed by atoms with Gasteiger partial charge in [0.2, 0.25) is 0 Å². The zero-order valence-electron chi connectivity index (χ0n) is 12.2. The van der Waals surface area contributed by atoms with Crippen LogP contribution in [0.3, 0.4) is 0 Å². The maximum absolute atomic E-state index is 11.2. The van der Waals surface area contributed by atoms with Crippen LogP contribution < -0.4 is 9.47 Å². The minimum atomic E-state index is -0.481. The predicted octanol–water partition coefficient (Wildman–Crippen LogP) is 3.02. The standard InChI is InChI=1S/C17H14O5/c1-11(19)21-16-6-4-3-5-14(16)15-9-13(10-18)7-8-17(15)22-12(2)20/h3-10H,1-2H3. The third-order valence-electron chi connectivity index (χ3n) is 2.82. The van der Waals surface area contributed by atoms with Gasteiger partial charge in [-0.1, -0.05) is 18.2 Å². The van der Waals surface area contributed by atoms with Gasteiger partial charge in [-0.15, -0.1) is 0 Å². The summed E-state index contributed by atoms with van der Waals surface area (Å²) in [6.45, 7) is 2.58. The number of hydrogen-bond donors (Lipinski definition) is 0. The molecule has 0 fully saturated rings. The molecule has 2 aromatic rings. The molecule has 22 heavy (non-hydrogen) atoms. The summed E-state index contributed by atoms with van der Waals surface area (Å²) >= 11 is 0. The Labute approximate surface area is 127 Å². The van der Waals surface area contributed by atoms with Gasteiger partial charge in [-0.2, -0.15) is 0 Å². The van der Waals surface area contributed by atoms with Crippen molar-refractivity contribution in [3.8, 4) is 22.6 Å². The van der Waals surface area contributed by atoms with E-state index in [0.29, 0.717) is 28.7 Å². The molecule has 5 heteroatoms. The largest absolute Gasteiger partial charge is 0.426 e. The van der Waals surface area contributed by atoms with E-state index in [1.54, 1.807) is 36.4 Å². The summed E-state index contributed by atoms with van der Waals surface area (Å²) in [6, 6.07) is 11.5. The number of carbonyl (C=O) groups is 3. The molecular weight excluding hydrogens is 284 g/mol. The van der Waals surface area contributed by atoms with E-state index in [1.807, 2.05) is 0 Å². The maximum Gasteiger partial charge on any atom is 0.308 e. The fourth-order valence-electron chi connectivity index (χ4n) is 2.01. The fourth-order valence-corrected chi connectivity index (χ4v) is 2.01. The molecular formula is C17H14O5. The van der Waals surface area contributed by atoms with Crippen molar-refractivity contribution in [3.05, 3.63) is 48.0 Å². The average Bonchev–Trinajstić information content (AvgIpc) is 2.47. The summed E-state index contributed by atoms with van der Waals surface area (Å²) in [5, 5.41) is 0. The van der Waals surface area contributed by atoms with Gasteiger partial charge in [0.15, 0.2) is 0 Å². The predicted molar refractivity (Wildman–Crippen MR) is 79.9 cm³/mol. The Hall–Kier alpha value is -2.95. The number of hydrogen-bond acceptors (Lipinski definition) is 5. The van der Waals surface area contributed by atoms with Gasteiger partial charge < -0.3 is 9.47 Å². The molecule has 0 spiro atoms. The lowest BCUT2D eigenvalue weighted by molar-refractivity contribution is -0.132. The molecule has 0 aliphatic carbocycles. The van der Waals surface area contributed by atoms with Crippen LogP contribution in [0.1, 0.15) is 24.2 Å². The highest BCUT2D eigenvalue weighted by Crippen LogP contribution is 2.37. The van der Waals surface area contributed by atoms with Gasteiger partial charge in [-0.05, 0) is 24.3 Å². The summed E-state index contributed by atoms with van der Waals surface area (Å²) in [5.74, 6) is -0.331. The van der Waals surface area contributed by atoms with Crippen molar-refractivity contribution in [1.82, 2.24) is 0 Å². The second-order valence-electron chi connectivity index (χ2n) is 4.56. The molecule has 5 nitrogen and oxygen atoms in total. The van der Waals surface area contributed by atoms with Crippen molar-refractivity contribution in [2.75, 3.05) is 0 Å². The average molecular weight is 298 g/mol. The van der Waals surface area contributed by atoms with Crippen LogP contribution in [-0.2, 0) is 9.59 Å². The lowest BCUT2D eigenvalue weighted by atomic mass is 10.0. The molecule has 0 heterocycles. The van der Waals surface area contributed by atoms with E-state index < -0.39 is 11.9 Å². The second kappa shape index (κ2) is 6.67. The van der Waals surface area contributed by atoms with E-state index in [-0.39, 0.29) is 5.75 Å². The van der Waals surface area contributed by atoms with E-state index in [0.717, 1.165) is 0 Å². The fraction of sp³-hybridized carbons (Fsp3) is 0.118. The molecule has 0 radical (unpaired) electrons. The first-order valence-corrected chi connectivity index (χ1v) is 6.56. The minimum Gasteiger partial charge on any atom is -0.426 e. The first kappa shape index (κ1) is 15.4. The zero-order valence-corrected chi connectivity index (χ0v) is 12.2. The Morgan fingerprint density at radius 3 is 2.05 bits per heavy atom. The third-order valence-corrected chi connectivity index (χ3v) is 2.82. The summed E-state index contributed by atoms with van der Waals surface area (Å²) in [4.78, 5) is 33.4. The molecule has 0 amide bonds. The first-order chi connectivity index (χ1) is 10.5. The molecule has 2 rings (SSSR count). The summed E-state index contributed by atoms with van der Waals surface area (Å²) in [6.07, 6.45) is 0.690. The van der Waals surface area contributed by atoms with Crippen LogP contribution in [0.25, 0.3) is 11.1 Å². The van der Waals surface area contributed by atoms with Crippen LogP contribution in [-0.4, -0.2) is 18.2 Å². The molecule has 2 aromatic carbocycles. The Balaban J connectivity index is 2.61. The van der Waals surface area contributed by atoms with Gasteiger partial charge >= 0.3 is 11.9 Å². The van der Waals surface area contributed by atoms with Gasteiger partial charge in [0, 0.05) is 30.5 Å². The van der Waals surface area contributed by atoms with Crippen molar-refractivity contribution >= 4 is 18.2 Å². The van der Waals surface area contributed by atoms with E-state index in [9.17, 15) is 14.4 Å². The monoisotopic (exact) mass is 298 g/mol. The van der Waals surface area contributed by atoms with Crippen molar-refractivity contribution in [1.29, 1.82) is 0 Å². The van der Waals surface area contributed by atoms with E-state index >= 15 is 0 Å². The van der Waals surface area contributed by atoms with E-state index in [1.165, 1.54) is 19.9 Å². The second-order valence-corrected chi connectivity index (χ2v) is 4.56. The summed E-state index contributed by atoms with van der Waals surface area (Å²) in [7, 11) is 0. The normalized spacial score (nSPS) is 9.91. The maximum atomic E-state index is 11.2. The molecule has 0 N–H and O–H groups in total. The first-order valence-electron chi connectivity index (χ1n) is 6.56. The van der Waals surface area contributed by atoms with Crippen LogP contribution in [0.5, 0.6) is 11.5 Å². The lowest BCUT2D eigenvalue weighted by Crippen LogP contribution is -2.05. The molecule has 0 aromatic heterocycles. The highest BCUT2D eigenvalue weighted by atomic mass is 16.5. The van der Waals surface area contributed by atoms with Gasteiger partial charge in [0.1, 0.15) is 17.8 Å². The molecule has 0 aliphatic rings. The van der Waals surface area contributed by atoms with Crippen molar-refractivity contribution in [2.24, 2.45) is 0 Å². The number of rotatable bonds is 4. The number of aldehydes is 1. The number of benzene rings is 2. The van der Waals surface area contributed by atoms with Crippen LogP contribution in [0.2, 0.25) is 0 Å². The highest BCUT2D eigenvalue weighted by Gasteiger charge is 2.15. The van der Waals surface area contributed by atoms with Gasteiger partial charge in [-0.25, -0.2) is 0 Å². The zero-order chi connectivity index (χ0) is 16.1. The van der Waals surface area contributed by atoms with Crippen LogP contribution in [0.4, 0.5) is 0 Å². The Kier molecular flexibility index (Phi) is 4.68. The van der Waals surface area contributed by atoms with Gasteiger partial charge in [0.25, 0.3) is 0 Å². The van der Waals surface area contributed by atoms with E-state index in [4.69, 9.17) is 9.47 Å². The smallest absolute Gasteiger partial charge is 0.308 e. The van der Waals surface area contributed by atoms with Crippen LogP contribution >= 0.6 is 0 Å². The lowest BCUT2D eigenvalue weighted by Gasteiger charge is -2.13.